The number of thioether (sulfide) groups is 1. The monoisotopic (exact) mass is 390 g/mol. The average molecular weight is 390 g/mol. The Labute approximate surface area is 161 Å². The van der Waals surface area contributed by atoms with Crippen LogP contribution in [0.2, 0.25) is 0 Å². The van der Waals surface area contributed by atoms with Gasteiger partial charge in [-0.2, -0.15) is 0 Å². The molecular formula is C17H22N6O3S. The molecule has 0 radical (unpaired) electrons. The molecule has 0 spiro atoms. The van der Waals surface area contributed by atoms with Gasteiger partial charge in [0.25, 0.3) is 0 Å². The lowest BCUT2D eigenvalue weighted by molar-refractivity contribution is -0.121. The smallest absolute Gasteiger partial charge is 0.325 e. The molecule has 0 atom stereocenters. The second kappa shape index (κ2) is 8.76. The van der Waals surface area contributed by atoms with Crippen LogP contribution in [-0.4, -0.2) is 70.6 Å². The maximum atomic E-state index is 12.5. The van der Waals surface area contributed by atoms with Crippen molar-refractivity contribution in [3.8, 4) is 5.75 Å². The first kappa shape index (κ1) is 19.0. The summed E-state index contributed by atoms with van der Waals surface area (Å²) in [5, 5.41) is 11.4. The van der Waals surface area contributed by atoms with E-state index in [2.05, 4.69) is 15.5 Å². The molecule has 2 aromatic rings. The molecule has 3 amide bonds. The van der Waals surface area contributed by atoms with Crippen molar-refractivity contribution >= 4 is 29.4 Å². The minimum Gasteiger partial charge on any atom is -0.497 e. The number of hydrogen-bond donors (Lipinski definition) is 1. The third-order valence-electron chi connectivity index (χ3n) is 4.14. The molecule has 1 aliphatic rings. The van der Waals surface area contributed by atoms with Crippen molar-refractivity contribution in [1.82, 2.24) is 25.0 Å². The highest BCUT2D eigenvalue weighted by Gasteiger charge is 2.30. The number of urea groups is 1. The number of nitrogens with one attached hydrogen (secondary N) is 1. The Balaban J connectivity index is 1.43. The number of carbonyl (C=O) groups is 2. The number of ether oxygens (including phenoxy) is 1. The van der Waals surface area contributed by atoms with Crippen molar-refractivity contribution < 1.29 is 14.3 Å². The predicted molar refractivity (Wildman–Crippen MR) is 102 cm³/mol. The summed E-state index contributed by atoms with van der Waals surface area (Å²) in [7, 11) is 3.47. The fourth-order valence-corrected chi connectivity index (χ4v) is 3.44. The Morgan fingerprint density at radius 2 is 2.07 bits per heavy atom. The average Bonchev–Trinajstić information content (AvgIpc) is 3.25. The number of aromatic nitrogens is 3. The van der Waals surface area contributed by atoms with Crippen LogP contribution in [-0.2, 0) is 11.8 Å². The van der Waals surface area contributed by atoms with Crippen molar-refractivity contribution in [3.63, 3.8) is 0 Å². The van der Waals surface area contributed by atoms with Gasteiger partial charge in [0.05, 0.1) is 7.11 Å². The van der Waals surface area contributed by atoms with Gasteiger partial charge in [-0.15, -0.1) is 10.2 Å². The quantitative estimate of drug-likeness (QED) is 0.533. The molecule has 1 saturated heterocycles. The molecule has 2 heterocycles. The van der Waals surface area contributed by atoms with E-state index < -0.39 is 0 Å². The zero-order valence-electron chi connectivity index (χ0n) is 15.3. The third-order valence-corrected chi connectivity index (χ3v) is 5.17. The highest BCUT2D eigenvalue weighted by molar-refractivity contribution is 7.99. The van der Waals surface area contributed by atoms with E-state index >= 15 is 0 Å². The number of aryl methyl sites for hydroxylation is 1. The molecule has 0 unspecified atom stereocenters. The zero-order chi connectivity index (χ0) is 19.2. The summed E-state index contributed by atoms with van der Waals surface area (Å²) in [6, 6.07) is 7.14. The van der Waals surface area contributed by atoms with Crippen LogP contribution < -0.4 is 15.0 Å². The summed E-state index contributed by atoms with van der Waals surface area (Å²) >= 11 is 1.52. The van der Waals surface area contributed by atoms with Gasteiger partial charge in [-0.05, 0) is 24.3 Å². The minimum absolute atomic E-state index is 0.0557. The standard InChI is InChI=1S/C17H22N6O3S/c1-21-12-19-20-16(21)27-10-7-18-15(24)11-22-8-9-23(17(22)25)13-3-5-14(26-2)6-4-13/h3-6,12H,7-11H2,1-2H3,(H,18,24). The SMILES string of the molecule is COc1ccc(N2CCN(CC(=O)NCCSc3nncn3C)C2=O)cc1. The summed E-state index contributed by atoms with van der Waals surface area (Å²) in [5.41, 5.74) is 0.795. The van der Waals surface area contributed by atoms with Crippen LogP contribution in [0.25, 0.3) is 0 Å². The van der Waals surface area contributed by atoms with Crippen molar-refractivity contribution in [2.45, 2.75) is 5.16 Å². The van der Waals surface area contributed by atoms with Gasteiger partial charge < -0.3 is 19.5 Å². The van der Waals surface area contributed by atoms with Crippen molar-refractivity contribution in [2.75, 3.05) is 43.9 Å². The number of methoxy groups -OCH3 is 1. The van der Waals surface area contributed by atoms with Gasteiger partial charge in [0, 0.05) is 38.1 Å². The van der Waals surface area contributed by atoms with Crippen LogP contribution >= 0.6 is 11.8 Å². The van der Waals surface area contributed by atoms with Crippen LogP contribution in [0.1, 0.15) is 0 Å². The lowest BCUT2D eigenvalue weighted by atomic mass is 10.3. The van der Waals surface area contributed by atoms with Gasteiger partial charge in [-0.3, -0.25) is 9.69 Å². The normalized spacial score (nSPS) is 13.9. The van der Waals surface area contributed by atoms with Crippen molar-refractivity contribution in [2.24, 2.45) is 7.05 Å². The van der Waals surface area contributed by atoms with Gasteiger partial charge in [0.1, 0.15) is 18.6 Å². The number of anilines is 1. The maximum absolute atomic E-state index is 12.5. The van der Waals surface area contributed by atoms with E-state index in [4.69, 9.17) is 4.74 Å². The van der Waals surface area contributed by atoms with Crippen molar-refractivity contribution in [1.29, 1.82) is 0 Å². The molecule has 0 saturated carbocycles. The summed E-state index contributed by atoms with van der Waals surface area (Å²) in [5.74, 6) is 1.25. The fourth-order valence-electron chi connectivity index (χ4n) is 2.70. The molecule has 144 valence electrons. The Morgan fingerprint density at radius 1 is 1.30 bits per heavy atom. The highest BCUT2D eigenvalue weighted by Crippen LogP contribution is 2.23. The summed E-state index contributed by atoms with van der Waals surface area (Å²) in [6.07, 6.45) is 1.63. The number of benzene rings is 1. The van der Waals surface area contributed by atoms with E-state index in [1.54, 1.807) is 23.2 Å². The van der Waals surface area contributed by atoms with E-state index in [0.29, 0.717) is 25.4 Å². The molecule has 1 aromatic carbocycles. The molecule has 3 rings (SSSR count). The molecule has 10 heteroatoms. The Kier molecular flexibility index (Phi) is 6.17. The topological polar surface area (TPSA) is 92.6 Å². The van der Waals surface area contributed by atoms with Gasteiger partial charge in [0.15, 0.2) is 5.16 Å². The van der Waals surface area contributed by atoms with E-state index in [1.807, 2.05) is 35.9 Å². The Bertz CT molecular complexity index is 794. The lowest BCUT2D eigenvalue weighted by Gasteiger charge is -2.18. The van der Waals surface area contributed by atoms with Crippen LogP contribution in [0.4, 0.5) is 10.5 Å². The van der Waals surface area contributed by atoms with Crippen LogP contribution in [0.3, 0.4) is 0 Å². The molecular weight excluding hydrogens is 368 g/mol. The molecule has 1 aliphatic heterocycles. The summed E-state index contributed by atoms with van der Waals surface area (Å²) in [6.45, 7) is 1.63. The van der Waals surface area contributed by atoms with Gasteiger partial charge in [-0.25, -0.2) is 4.79 Å². The molecule has 1 aromatic heterocycles. The first-order chi connectivity index (χ1) is 13.1. The minimum atomic E-state index is -0.168. The molecule has 1 N–H and O–H groups in total. The van der Waals surface area contributed by atoms with Gasteiger partial charge >= 0.3 is 6.03 Å². The molecule has 0 aliphatic carbocycles. The fraction of sp³-hybridized carbons (Fsp3) is 0.412. The second-order valence-electron chi connectivity index (χ2n) is 5.98. The maximum Gasteiger partial charge on any atom is 0.325 e. The number of amides is 3. The van der Waals surface area contributed by atoms with Gasteiger partial charge in [-0.1, -0.05) is 11.8 Å². The number of nitrogens with zero attached hydrogens (tertiary/aromatic N) is 5. The summed E-state index contributed by atoms with van der Waals surface area (Å²) in [4.78, 5) is 27.9. The molecule has 27 heavy (non-hydrogen) atoms. The van der Waals surface area contributed by atoms with Crippen LogP contribution in [0, 0.1) is 0 Å². The van der Waals surface area contributed by atoms with Gasteiger partial charge in [0.2, 0.25) is 5.91 Å². The second-order valence-corrected chi connectivity index (χ2v) is 7.04. The van der Waals surface area contributed by atoms with E-state index in [0.717, 1.165) is 16.6 Å². The first-order valence-electron chi connectivity index (χ1n) is 8.52. The highest BCUT2D eigenvalue weighted by atomic mass is 32.2. The Morgan fingerprint density at radius 3 is 2.74 bits per heavy atom. The number of carbonyl (C=O) groups excluding carboxylic acids is 2. The Hall–Kier alpha value is -2.75. The summed E-state index contributed by atoms with van der Waals surface area (Å²) < 4.78 is 6.95. The molecule has 9 nitrogen and oxygen atoms in total. The first-order valence-corrected chi connectivity index (χ1v) is 9.51. The third kappa shape index (κ3) is 4.70. The molecule has 0 bridgehead atoms. The zero-order valence-corrected chi connectivity index (χ0v) is 16.1. The van der Waals surface area contributed by atoms with E-state index in [-0.39, 0.29) is 18.5 Å². The van der Waals surface area contributed by atoms with Crippen LogP contribution in [0.5, 0.6) is 5.75 Å². The van der Waals surface area contributed by atoms with E-state index in [9.17, 15) is 9.59 Å². The van der Waals surface area contributed by atoms with Crippen LogP contribution in [0.15, 0.2) is 35.7 Å². The van der Waals surface area contributed by atoms with E-state index in [1.165, 1.54) is 11.8 Å². The van der Waals surface area contributed by atoms with Crippen molar-refractivity contribution in [3.05, 3.63) is 30.6 Å². The molecule has 1 fully saturated rings. The number of hydrogen-bond acceptors (Lipinski definition) is 6. The largest absolute Gasteiger partial charge is 0.497 e. The number of rotatable bonds is 8. The predicted octanol–water partition coefficient (Wildman–Crippen LogP) is 0.974. The lowest BCUT2D eigenvalue weighted by Crippen LogP contribution is -2.40.